The highest BCUT2D eigenvalue weighted by Gasteiger charge is 2.29. The lowest BCUT2D eigenvalue weighted by Gasteiger charge is -2.07. The predicted octanol–water partition coefficient (Wildman–Crippen LogP) is 6.35. The summed E-state index contributed by atoms with van der Waals surface area (Å²) in [5, 5.41) is 0. The van der Waals surface area contributed by atoms with Crippen molar-refractivity contribution in [3.8, 4) is 22.3 Å². The number of hydrogen-bond acceptors (Lipinski definition) is 0. The molecule has 0 unspecified atom stereocenters. The van der Waals surface area contributed by atoms with Gasteiger partial charge < -0.3 is 0 Å². The molecule has 0 nitrogen and oxygen atoms in total. The SMILES string of the molecule is Brc1cccc2c1Cc1c-2ccc2c1Cc1c(Br)cccc1-2. The summed E-state index contributed by atoms with van der Waals surface area (Å²) in [5.41, 5.74) is 11.5. The Morgan fingerprint density at radius 3 is 1.36 bits per heavy atom. The number of hydrogen-bond donors (Lipinski definition) is 0. The van der Waals surface area contributed by atoms with Crippen LogP contribution in [0, 0.1) is 0 Å². The molecule has 0 spiro atoms. The fourth-order valence-corrected chi connectivity index (χ4v) is 4.95. The van der Waals surface area contributed by atoms with Gasteiger partial charge in [0.15, 0.2) is 0 Å². The Morgan fingerprint density at radius 1 is 0.500 bits per heavy atom. The molecule has 3 aromatic rings. The predicted molar refractivity (Wildman–Crippen MR) is 98.3 cm³/mol. The number of halogens is 2. The quantitative estimate of drug-likeness (QED) is 0.278. The van der Waals surface area contributed by atoms with Gasteiger partial charge in [0, 0.05) is 21.8 Å². The summed E-state index contributed by atoms with van der Waals surface area (Å²) < 4.78 is 2.46. The van der Waals surface area contributed by atoms with Gasteiger partial charge in [-0.15, -0.1) is 0 Å². The average Bonchev–Trinajstić information content (AvgIpc) is 3.07. The Morgan fingerprint density at radius 2 is 0.909 bits per heavy atom. The molecule has 0 atom stereocenters. The second-order valence-corrected chi connectivity index (χ2v) is 7.71. The van der Waals surface area contributed by atoms with Gasteiger partial charge in [0.25, 0.3) is 0 Å². The van der Waals surface area contributed by atoms with E-state index in [1.807, 2.05) is 0 Å². The summed E-state index contributed by atoms with van der Waals surface area (Å²) in [5.74, 6) is 0. The van der Waals surface area contributed by atoms with Crippen molar-refractivity contribution in [2.24, 2.45) is 0 Å². The fraction of sp³-hybridized carbons (Fsp3) is 0.100. The van der Waals surface area contributed by atoms with Crippen molar-refractivity contribution in [1.29, 1.82) is 0 Å². The van der Waals surface area contributed by atoms with E-state index in [4.69, 9.17) is 0 Å². The molecule has 5 rings (SSSR count). The molecule has 0 aliphatic heterocycles. The highest BCUT2D eigenvalue weighted by molar-refractivity contribution is 9.10. The minimum Gasteiger partial charge on any atom is -0.0605 e. The molecule has 2 aliphatic rings. The van der Waals surface area contributed by atoms with Gasteiger partial charge in [0.2, 0.25) is 0 Å². The van der Waals surface area contributed by atoms with Crippen LogP contribution in [0.15, 0.2) is 57.5 Å². The van der Waals surface area contributed by atoms with Gasteiger partial charge in [0.05, 0.1) is 0 Å². The minimum absolute atomic E-state index is 1.04. The molecule has 0 saturated carbocycles. The Hall–Kier alpha value is -1.38. The first-order valence-electron chi connectivity index (χ1n) is 7.44. The van der Waals surface area contributed by atoms with Gasteiger partial charge in [-0.25, -0.2) is 0 Å². The highest BCUT2D eigenvalue weighted by Crippen LogP contribution is 2.48. The van der Waals surface area contributed by atoms with Crippen molar-refractivity contribution >= 4 is 31.9 Å². The summed E-state index contributed by atoms with van der Waals surface area (Å²) in [4.78, 5) is 0. The molecule has 0 N–H and O–H groups in total. The summed E-state index contributed by atoms with van der Waals surface area (Å²) in [7, 11) is 0. The molecule has 0 saturated heterocycles. The Labute approximate surface area is 146 Å². The van der Waals surface area contributed by atoms with Crippen LogP contribution < -0.4 is 0 Å². The third-order valence-corrected chi connectivity index (χ3v) is 6.44. The topological polar surface area (TPSA) is 0 Å². The largest absolute Gasteiger partial charge is 0.0605 e. The molecule has 0 heterocycles. The van der Waals surface area contributed by atoms with Gasteiger partial charge in [0.1, 0.15) is 0 Å². The second kappa shape index (κ2) is 4.56. The lowest BCUT2D eigenvalue weighted by Crippen LogP contribution is -1.91. The number of benzene rings is 3. The summed E-state index contributed by atoms with van der Waals surface area (Å²) in [6.45, 7) is 0. The van der Waals surface area contributed by atoms with Crippen LogP contribution in [0.5, 0.6) is 0 Å². The molecule has 106 valence electrons. The van der Waals surface area contributed by atoms with E-state index in [2.05, 4.69) is 80.4 Å². The van der Waals surface area contributed by atoms with Gasteiger partial charge in [-0.1, -0.05) is 68.3 Å². The molecule has 0 aromatic heterocycles. The van der Waals surface area contributed by atoms with E-state index in [-0.39, 0.29) is 0 Å². The Balaban J connectivity index is 1.77. The maximum atomic E-state index is 3.72. The van der Waals surface area contributed by atoms with Crippen LogP contribution in [-0.2, 0) is 12.8 Å². The molecule has 3 aromatic carbocycles. The van der Waals surface area contributed by atoms with Crippen LogP contribution in [-0.4, -0.2) is 0 Å². The Kier molecular flexibility index (Phi) is 2.71. The standard InChI is InChI=1S/C20H12Br2/c21-19-5-1-3-11-13-7-8-14-12-4-2-6-20(22)18(12)10-16(14)15(13)9-17(11)19/h1-8H,9-10H2. The maximum Gasteiger partial charge on any atom is 0.0216 e. The molecule has 2 heteroatoms. The Bertz CT molecular complexity index is 876. The van der Waals surface area contributed by atoms with E-state index in [1.165, 1.54) is 53.5 Å². The van der Waals surface area contributed by atoms with Gasteiger partial charge in [-0.2, -0.15) is 0 Å². The highest BCUT2D eigenvalue weighted by atomic mass is 79.9. The van der Waals surface area contributed by atoms with Crippen molar-refractivity contribution in [2.45, 2.75) is 12.8 Å². The molecule has 0 radical (unpaired) electrons. The van der Waals surface area contributed by atoms with E-state index in [0.29, 0.717) is 0 Å². The van der Waals surface area contributed by atoms with E-state index in [9.17, 15) is 0 Å². The normalized spacial score (nSPS) is 13.5. The average molecular weight is 412 g/mol. The monoisotopic (exact) mass is 410 g/mol. The molecule has 22 heavy (non-hydrogen) atoms. The van der Waals surface area contributed by atoms with E-state index < -0.39 is 0 Å². The second-order valence-electron chi connectivity index (χ2n) is 6.00. The van der Waals surface area contributed by atoms with Crippen LogP contribution in [0.3, 0.4) is 0 Å². The van der Waals surface area contributed by atoms with E-state index in [0.717, 1.165) is 12.8 Å². The first-order valence-corrected chi connectivity index (χ1v) is 9.03. The molecule has 0 bridgehead atoms. The smallest absolute Gasteiger partial charge is 0.0216 e. The van der Waals surface area contributed by atoms with Crippen molar-refractivity contribution in [2.75, 3.05) is 0 Å². The summed E-state index contributed by atoms with van der Waals surface area (Å²) >= 11 is 7.44. The van der Waals surface area contributed by atoms with Gasteiger partial charge in [-0.05, 0) is 56.6 Å². The summed E-state index contributed by atoms with van der Waals surface area (Å²) in [6, 6.07) is 17.7. The van der Waals surface area contributed by atoms with Crippen molar-refractivity contribution in [1.82, 2.24) is 0 Å². The van der Waals surface area contributed by atoms with Crippen molar-refractivity contribution < 1.29 is 0 Å². The molecular formula is C20H12Br2. The first-order chi connectivity index (χ1) is 10.7. The zero-order valence-corrected chi connectivity index (χ0v) is 15.0. The van der Waals surface area contributed by atoms with E-state index >= 15 is 0 Å². The molecule has 0 amide bonds. The van der Waals surface area contributed by atoms with Crippen LogP contribution in [0.1, 0.15) is 22.3 Å². The third-order valence-electron chi connectivity index (χ3n) is 4.96. The molecule has 0 fully saturated rings. The number of fused-ring (bicyclic) bond motifs is 7. The van der Waals surface area contributed by atoms with Gasteiger partial charge in [-0.3, -0.25) is 0 Å². The van der Waals surface area contributed by atoms with Crippen LogP contribution >= 0.6 is 31.9 Å². The van der Waals surface area contributed by atoms with E-state index in [1.54, 1.807) is 0 Å². The third kappa shape index (κ3) is 1.63. The maximum absolute atomic E-state index is 3.72. The van der Waals surface area contributed by atoms with Crippen LogP contribution in [0.25, 0.3) is 22.3 Å². The zero-order valence-electron chi connectivity index (χ0n) is 11.8. The van der Waals surface area contributed by atoms with Crippen molar-refractivity contribution in [3.63, 3.8) is 0 Å². The van der Waals surface area contributed by atoms with Crippen LogP contribution in [0.2, 0.25) is 0 Å². The summed E-state index contributed by atoms with van der Waals surface area (Å²) in [6.07, 6.45) is 2.09. The van der Waals surface area contributed by atoms with Gasteiger partial charge >= 0.3 is 0 Å². The molecule has 2 aliphatic carbocycles. The number of rotatable bonds is 0. The minimum atomic E-state index is 1.04. The lowest BCUT2D eigenvalue weighted by molar-refractivity contribution is 1.15. The lowest BCUT2D eigenvalue weighted by atomic mass is 9.96. The first kappa shape index (κ1) is 13.1. The fourth-order valence-electron chi connectivity index (χ4n) is 3.94. The molecular weight excluding hydrogens is 400 g/mol. The van der Waals surface area contributed by atoms with Crippen molar-refractivity contribution in [3.05, 3.63) is 79.7 Å². The van der Waals surface area contributed by atoms with Crippen LogP contribution in [0.4, 0.5) is 0 Å². The zero-order chi connectivity index (χ0) is 14.8.